The lowest BCUT2D eigenvalue weighted by molar-refractivity contribution is 0.184. The predicted octanol–water partition coefficient (Wildman–Crippen LogP) is 5.20. The fraction of sp³-hybridized carbons (Fsp3) is 0.517. The summed E-state index contributed by atoms with van der Waals surface area (Å²) >= 11 is 0. The van der Waals surface area contributed by atoms with E-state index in [4.69, 9.17) is 14.6 Å². The number of carbonyl (C=O) groups excluding carboxylic acids is 1. The van der Waals surface area contributed by atoms with Gasteiger partial charge in [0.15, 0.2) is 11.5 Å². The summed E-state index contributed by atoms with van der Waals surface area (Å²) in [5, 5.41) is 9.17. The van der Waals surface area contributed by atoms with Gasteiger partial charge in [-0.1, -0.05) is 25.0 Å². The molecule has 0 radical (unpaired) electrons. The molecular weight excluding hydrogens is 452 g/mol. The second-order valence-electron chi connectivity index (χ2n) is 10.5. The van der Waals surface area contributed by atoms with Crippen molar-refractivity contribution >= 4 is 17.4 Å². The average Bonchev–Trinajstić information content (AvgIpc) is 3.31. The molecule has 3 aliphatic rings. The Bertz CT molecular complexity index is 1130. The predicted molar refractivity (Wildman–Crippen MR) is 143 cm³/mol. The van der Waals surface area contributed by atoms with Crippen molar-refractivity contribution in [1.29, 1.82) is 0 Å². The van der Waals surface area contributed by atoms with Crippen molar-refractivity contribution in [2.75, 3.05) is 39.3 Å². The van der Waals surface area contributed by atoms with Crippen LogP contribution < -0.4 is 19.7 Å². The standard InChI is InChI=1S/C29H38N4O3/c1-20-17-22-18-25(35-3)26(36-4)19-24(22)27(31-33(20)28(34)30-2)21-7-9-23(10-8-21)32-15-13-29(14-16-32)11-5-6-12-29/h7-10,18-20H,5-6,11-17H2,1-4H3,(H,30,34)/t20-/m0/s1. The second-order valence-corrected chi connectivity index (χ2v) is 10.5. The molecule has 0 unspecified atom stereocenters. The third-order valence-electron chi connectivity index (χ3n) is 8.42. The van der Waals surface area contributed by atoms with E-state index in [1.165, 1.54) is 44.2 Å². The minimum atomic E-state index is -0.225. The van der Waals surface area contributed by atoms with Gasteiger partial charge in [0.25, 0.3) is 0 Å². The van der Waals surface area contributed by atoms with Crippen LogP contribution in [0.4, 0.5) is 10.5 Å². The van der Waals surface area contributed by atoms with Gasteiger partial charge in [-0.05, 0) is 74.3 Å². The number of anilines is 1. The van der Waals surface area contributed by atoms with Crippen molar-refractivity contribution in [2.24, 2.45) is 10.5 Å². The summed E-state index contributed by atoms with van der Waals surface area (Å²) in [6, 6.07) is 12.3. The number of methoxy groups -OCH3 is 2. The maximum Gasteiger partial charge on any atom is 0.337 e. The van der Waals surface area contributed by atoms with Crippen LogP contribution in [0.3, 0.4) is 0 Å². The van der Waals surface area contributed by atoms with Crippen LogP contribution in [0.1, 0.15) is 62.1 Å². The molecule has 1 spiro atoms. The minimum absolute atomic E-state index is 0.116. The fourth-order valence-corrected chi connectivity index (χ4v) is 6.24. The number of hydrogen-bond donors (Lipinski definition) is 1. The van der Waals surface area contributed by atoms with Gasteiger partial charge in [-0.2, -0.15) is 5.10 Å². The van der Waals surface area contributed by atoms with Crippen LogP contribution in [-0.2, 0) is 6.42 Å². The topological polar surface area (TPSA) is 66.4 Å². The fourth-order valence-electron chi connectivity index (χ4n) is 6.24. The summed E-state index contributed by atoms with van der Waals surface area (Å²) in [5.74, 6) is 1.33. The lowest BCUT2D eigenvalue weighted by Gasteiger charge is -2.40. The first kappa shape index (κ1) is 24.5. The first-order valence-electron chi connectivity index (χ1n) is 13.2. The highest BCUT2D eigenvalue weighted by molar-refractivity contribution is 6.14. The molecule has 2 aromatic rings. The number of ether oxygens (including phenoxy) is 2. The van der Waals surface area contributed by atoms with Crippen molar-refractivity contribution in [1.82, 2.24) is 10.3 Å². The Labute approximate surface area is 214 Å². The molecule has 2 fully saturated rings. The molecule has 1 saturated heterocycles. The normalized spacial score (nSPS) is 21.0. The van der Waals surface area contributed by atoms with Crippen molar-refractivity contribution in [3.63, 3.8) is 0 Å². The van der Waals surface area contributed by atoms with E-state index in [-0.39, 0.29) is 12.1 Å². The third-order valence-corrected chi connectivity index (χ3v) is 8.42. The maximum absolute atomic E-state index is 12.7. The Hall–Kier alpha value is -3.22. The number of rotatable bonds is 4. The van der Waals surface area contributed by atoms with Crippen molar-refractivity contribution in [2.45, 2.75) is 57.9 Å². The molecule has 1 aliphatic carbocycles. The molecular formula is C29H38N4O3. The number of nitrogens with zero attached hydrogens (tertiary/aromatic N) is 3. The monoisotopic (exact) mass is 490 g/mol. The maximum atomic E-state index is 12.7. The molecule has 0 aromatic heterocycles. The van der Waals surface area contributed by atoms with Gasteiger partial charge in [-0.15, -0.1) is 0 Å². The van der Waals surface area contributed by atoms with Crippen LogP contribution in [0.5, 0.6) is 11.5 Å². The zero-order valence-electron chi connectivity index (χ0n) is 22.0. The highest BCUT2D eigenvalue weighted by Crippen LogP contribution is 2.46. The molecule has 2 aromatic carbocycles. The Kier molecular flexibility index (Phi) is 6.82. The Morgan fingerprint density at radius 3 is 2.25 bits per heavy atom. The number of urea groups is 1. The van der Waals surface area contributed by atoms with Gasteiger partial charge in [0, 0.05) is 37.0 Å². The van der Waals surface area contributed by atoms with Gasteiger partial charge in [-0.25, -0.2) is 9.80 Å². The third kappa shape index (κ3) is 4.51. The molecule has 2 heterocycles. The Morgan fingerprint density at radius 1 is 1.00 bits per heavy atom. The van der Waals surface area contributed by atoms with Gasteiger partial charge < -0.3 is 19.7 Å². The SMILES string of the molecule is CNC(=O)N1N=C(c2ccc(N3CCC4(CCCC4)CC3)cc2)c2cc(OC)c(OC)cc2C[C@@H]1C. The van der Waals surface area contributed by atoms with Gasteiger partial charge >= 0.3 is 6.03 Å². The second kappa shape index (κ2) is 10.0. The number of amides is 2. The summed E-state index contributed by atoms with van der Waals surface area (Å²) in [7, 11) is 4.92. The van der Waals surface area contributed by atoms with E-state index in [2.05, 4.69) is 34.5 Å². The van der Waals surface area contributed by atoms with E-state index in [0.29, 0.717) is 23.3 Å². The van der Waals surface area contributed by atoms with E-state index in [0.717, 1.165) is 35.5 Å². The van der Waals surface area contributed by atoms with Gasteiger partial charge in [-0.3, -0.25) is 0 Å². The Morgan fingerprint density at radius 2 is 1.64 bits per heavy atom. The van der Waals surface area contributed by atoms with E-state index in [1.54, 1.807) is 26.3 Å². The van der Waals surface area contributed by atoms with Crippen LogP contribution in [0.15, 0.2) is 41.5 Å². The van der Waals surface area contributed by atoms with Gasteiger partial charge in [0.05, 0.1) is 26.0 Å². The summed E-state index contributed by atoms with van der Waals surface area (Å²) in [6.07, 6.45) is 8.89. The van der Waals surface area contributed by atoms with E-state index in [9.17, 15) is 4.79 Å². The number of piperidine rings is 1. The lowest BCUT2D eigenvalue weighted by atomic mass is 9.77. The van der Waals surface area contributed by atoms with Gasteiger partial charge in [0.2, 0.25) is 0 Å². The van der Waals surface area contributed by atoms with Crippen molar-refractivity contribution < 1.29 is 14.3 Å². The Balaban J connectivity index is 1.48. The van der Waals surface area contributed by atoms with Crippen LogP contribution in [0.2, 0.25) is 0 Å². The molecule has 1 saturated carbocycles. The quantitative estimate of drug-likeness (QED) is 0.640. The van der Waals surface area contributed by atoms with Crippen molar-refractivity contribution in [3.05, 3.63) is 53.1 Å². The number of hydrazone groups is 1. The molecule has 36 heavy (non-hydrogen) atoms. The summed E-state index contributed by atoms with van der Waals surface area (Å²) < 4.78 is 11.2. The summed E-state index contributed by atoms with van der Waals surface area (Å²) in [6.45, 7) is 4.27. The molecule has 5 rings (SSSR count). The van der Waals surface area contributed by atoms with Crippen LogP contribution in [0, 0.1) is 5.41 Å². The molecule has 0 bridgehead atoms. The summed E-state index contributed by atoms with van der Waals surface area (Å²) in [4.78, 5) is 15.2. The van der Waals surface area contributed by atoms with Gasteiger partial charge in [0.1, 0.15) is 0 Å². The van der Waals surface area contributed by atoms with Crippen LogP contribution in [0.25, 0.3) is 0 Å². The minimum Gasteiger partial charge on any atom is -0.493 e. The highest BCUT2D eigenvalue weighted by Gasteiger charge is 2.37. The average molecular weight is 491 g/mol. The van der Waals surface area contributed by atoms with E-state index < -0.39 is 0 Å². The van der Waals surface area contributed by atoms with E-state index >= 15 is 0 Å². The van der Waals surface area contributed by atoms with Crippen LogP contribution in [-0.4, -0.2) is 57.2 Å². The molecule has 7 nitrogen and oxygen atoms in total. The summed E-state index contributed by atoms with van der Waals surface area (Å²) in [5.41, 5.74) is 5.63. The number of hydrogen-bond acceptors (Lipinski definition) is 5. The molecule has 2 aliphatic heterocycles. The smallest absolute Gasteiger partial charge is 0.337 e. The number of nitrogens with one attached hydrogen (secondary N) is 1. The zero-order chi connectivity index (χ0) is 25.3. The van der Waals surface area contributed by atoms with Crippen molar-refractivity contribution in [3.8, 4) is 11.5 Å². The molecule has 1 N–H and O–H groups in total. The van der Waals surface area contributed by atoms with Crippen LogP contribution >= 0.6 is 0 Å². The molecule has 192 valence electrons. The highest BCUT2D eigenvalue weighted by atomic mass is 16.5. The zero-order valence-corrected chi connectivity index (χ0v) is 22.0. The first-order chi connectivity index (χ1) is 17.5. The molecule has 2 amide bonds. The number of carbonyl (C=O) groups is 1. The molecule has 7 heteroatoms. The largest absolute Gasteiger partial charge is 0.493 e. The number of fused-ring (bicyclic) bond motifs is 1. The van der Waals surface area contributed by atoms with E-state index in [1.807, 2.05) is 19.1 Å². The molecule has 1 atom stereocenters. The number of benzene rings is 2. The first-order valence-corrected chi connectivity index (χ1v) is 13.2. The lowest BCUT2D eigenvalue weighted by Crippen LogP contribution is -2.41.